The van der Waals surface area contributed by atoms with Gasteiger partial charge < -0.3 is 0 Å². The minimum Gasteiger partial charge on any atom is -0.291 e. The smallest absolute Gasteiger partial charge is 0.147 e. The van der Waals surface area contributed by atoms with Gasteiger partial charge in [0.25, 0.3) is 0 Å². The van der Waals surface area contributed by atoms with Gasteiger partial charge in [0.05, 0.1) is 26.8 Å². The molecule has 0 aliphatic heterocycles. The topological polar surface area (TPSA) is 17.3 Å². The summed E-state index contributed by atoms with van der Waals surface area (Å²) >= 11 is 13.4. The minimum absolute atomic E-state index is 0.615. The Hall–Kier alpha value is -3.33. The average molecular weight is 439 g/mol. The molecule has 0 bridgehead atoms. The van der Waals surface area contributed by atoms with Crippen molar-refractivity contribution in [3.63, 3.8) is 0 Å². The molecule has 31 heavy (non-hydrogen) atoms. The van der Waals surface area contributed by atoms with E-state index in [-0.39, 0.29) is 0 Å². The van der Waals surface area contributed by atoms with Crippen molar-refractivity contribution >= 4 is 50.7 Å². The predicted octanol–water partition coefficient (Wildman–Crippen LogP) is 8.28. The highest BCUT2D eigenvalue weighted by molar-refractivity contribution is 6.39. The van der Waals surface area contributed by atoms with Crippen LogP contribution < -0.4 is 0 Å². The Morgan fingerprint density at radius 2 is 1.23 bits per heavy atom. The molecule has 2 heterocycles. The van der Waals surface area contributed by atoms with Gasteiger partial charge in [0.1, 0.15) is 5.65 Å². The highest BCUT2D eigenvalue weighted by atomic mass is 35.5. The maximum absolute atomic E-state index is 6.72. The molecular weight excluding hydrogens is 423 g/mol. The predicted molar refractivity (Wildman–Crippen MR) is 131 cm³/mol. The maximum Gasteiger partial charge on any atom is 0.147 e. The molecule has 0 N–H and O–H groups in total. The Morgan fingerprint density at radius 1 is 0.581 bits per heavy atom. The van der Waals surface area contributed by atoms with E-state index in [9.17, 15) is 0 Å². The fraction of sp³-hybridized carbons (Fsp3) is 0. The van der Waals surface area contributed by atoms with Crippen molar-refractivity contribution in [2.75, 3.05) is 0 Å². The average Bonchev–Trinajstić information content (AvgIpc) is 3.18. The van der Waals surface area contributed by atoms with E-state index in [0.29, 0.717) is 10.0 Å². The summed E-state index contributed by atoms with van der Waals surface area (Å²) in [6.45, 7) is 0. The lowest BCUT2D eigenvalue weighted by molar-refractivity contribution is 1.25. The number of benzene rings is 4. The Balaban J connectivity index is 1.94. The first-order valence-electron chi connectivity index (χ1n) is 10.1. The molecule has 2 nitrogen and oxygen atoms in total. The zero-order chi connectivity index (χ0) is 20.9. The molecule has 4 aromatic carbocycles. The second-order valence-corrected chi connectivity index (χ2v) is 8.31. The van der Waals surface area contributed by atoms with Crippen LogP contribution >= 0.6 is 23.2 Å². The van der Waals surface area contributed by atoms with Crippen LogP contribution in [0.15, 0.2) is 97.1 Å². The highest BCUT2D eigenvalue weighted by Gasteiger charge is 2.22. The van der Waals surface area contributed by atoms with Crippen LogP contribution in [0.4, 0.5) is 0 Å². The molecular formula is C27H16Cl2N2. The van der Waals surface area contributed by atoms with Gasteiger partial charge in [-0.3, -0.25) is 4.40 Å². The molecule has 0 fully saturated rings. The Kier molecular flexibility index (Phi) is 4.24. The molecule has 0 radical (unpaired) electrons. The number of fused-ring (bicyclic) bond motifs is 4. The van der Waals surface area contributed by atoms with Crippen molar-refractivity contribution in [3.05, 3.63) is 107 Å². The number of rotatable bonds is 2. The van der Waals surface area contributed by atoms with Crippen LogP contribution in [-0.4, -0.2) is 9.38 Å². The number of hydrogen-bond acceptors (Lipinski definition) is 1. The normalized spacial score (nSPS) is 11.5. The molecule has 0 saturated heterocycles. The second kappa shape index (κ2) is 7.12. The van der Waals surface area contributed by atoms with Crippen LogP contribution in [0.5, 0.6) is 0 Å². The fourth-order valence-corrected chi connectivity index (χ4v) is 5.00. The van der Waals surface area contributed by atoms with Crippen molar-refractivity contribution in [1.82, 2.24) is 9.38 Å². The van der Waals surface area contributed by atoms with E-state index in [2.05, 4.69) is 59.0 Å². The Labute approximate surface area is 189 Å². The molecule has 148 valence electrons. The molecule has 0 unspecified atom stereocenters. The van der Waals surface area contributed by atoms with Gasteiger partial charge in [-0.15, -0.1) is 0 Å². The van der Waals surface area contributed by atoms with Crippen LogP contribution in [-0.2, 0) is 0 Å². The fourth-order valence-electron chi connectivity index (χ4n) is 4.43. The lowest BCUT2D eigenvalue weighted by Crippen LogP contribution is -1.99. The van der Waals surface area contributed by atoms with E-state index in [4.69, 9.17) is 28.2 Å². The summed E-state index contributed by atoms with van der Waals surface area (Å²) in [5, 5.41) is 3.42. The summed E-state index contributed by atoms with van der Waals surface area (Å²) in [7, 11) is 0. The van der Waals surface area contributed by atoms with Crippen molar-refractivity contribution in [3.8, 4) is 22.4 Å². The van der Waals surface area contributed by atoms with Gasteiger partial charge >= 0.3 is 0 Å². The zero-order valence-corrected chi connectivity index (χ0v) is 17.9. The highest BCUT2D eigenvalue weighted by Crippen LogP contribution is 2.44. The van der Waals surface area contributed by atoms with Gasteiger partial charge in [-0.05, 0) is 35.2 Å². The van der Waals surface area contributed by atoms with Crippen LogP contribution in [0.1, 0.15) is 0 Å². The Morgan fingerprint density at radius 3 is 2.00 bits per heavy atom. The van der Waals surface area contributed by atoms with E-state index in [1.54, 1.807) is 0 Å². The van der Waals surface area contributed by atoms with E-state index < -0.39 is 0 Å². The summed E-state index contributed by atoms with van der Waals surface area (Å²) in [5.74, 6) is 0. The summed E-state index contributed by atoms with van der Waals surface area (Å²) in [5.41, 5.74) is 6.82. The van der Waals surface area contributed by atoms with Gasteiger partial charge in [0, 0.05) is 16.5 Å². The third-order valence-electron chi connectivity index (χ3n) is 5.72. The van der Waals surface area contributed by atoms with Crippen molar-refractivity contribution < 1.29 is 0 Å². The van der Waals surface area contributed by atoms with E-state index in [0.717, 1.165) is 49.8 Å². The molecule has 0 spiro atoms. The first kappa shape index (κ1) is 18.4. The van der Waals surface area contributed by atoms with Gasteiger partial charge in [0.2, 0.25) is 0 Å². The Bertz CT molecular complexity index is 1580. The molecule has 2 aromatic heterocycles. The second-order valence-electron chi connectivity index (χ2n) is 7.49. The summed E-state index contributed by atoms with van der Waals surface area (Å²) in [6.07, 6.45) is 0. The van der Waals surface area contributed by atoms with Crippen LogP contribution in [0.25, 0.3) is 49.8 Å². The molecule has 0 amide bonds. The standard InChI is InChI=1S/C27H16Cl2N2/c28-20-13-8-14-21(29)25(20)26-19-12-5-4-11-18(19)24(17-9-2-1-3-10-17)27-30-22-15-6-7-16-23(22)31(26)27/h1-16H. The van der Waals surface area contributed by atoms with Gasteiger partial charge in [-0.1, -0.05) is 96.0 Å². The van der Waals surface area contributed by atoms with Crippen LogP contribution in [0.3, 0.4) is 0 Å². The van der Waals surface area contributed by atoms with Crippen LogP contribution in [0.2, 0.25) is 10.0 Å². The van der Waals surface area contributed by atoms with E-state index in [1.165, 1.54) is 0 Å². The number of imidazole rings is 1. The molecule has 0 aliphatic rings. The largest absolute Gasteiger partial charge is 0.291 e. The molecule has 0 saturated carbocycles. The lowest BCUT2D eigenvalue weighted by Gasteiger charge is -2.18. The molecule has 0 aliphatic carbocycles. The van der Waals surface area contributed by atoms with Crippen molar-refractivity contribution in [2.24, 2.45) is 0 Å². The maximum atomic E-state index is 6.72. The first-order chi connectivity index (χ1) is 15.2. The number of pyridine rings is 1. The third kappa shape index (κ3) is 2.76. The molecule has 0 atom stereocenters. The zero-order valence-electron chi connectivity index (χ0n) is 16.4. The molecule has 6 aromatic rings. The van der Waals surface area contributed by atoms with Gasteiger partial charge in [-0.2, -0.15) is 0 Å². The van der Waals surface area contributed by atoms with Gasteiger partial charge in [-0.25, -0.2) is 4.98 Å². The number of para-hydroxylation sites is 2. The molecule has 6 rings (SSSR count). The number of aromatic nitrogens is 2. The summed E-state index contributed by atoms with van der Waals surface area (Å²) in [6, 6.07) is 32.6. The molecule has 4 heteroatoms. The third-order valence-corrected chi connectivity index (χ3v) is 6.35. The van der Waals surface area contributed by atoms with Gasteiger partial charge in [0.15, 0.2) is 0 Å². The summed E-state index contributed by atoms with van der Waals surface area (Å²) in [4.78, 5) is 5.06. The minimum atomic E-state index is 0.615. The summed E-state index contributed by atoms with van der Waals surface area (Å²) < 4.78 is 2.20. The number of nitrogens with zero attached hydrogens (tertiary/aromatic N) is 2. The van der Waals surface area contributed by atoms with Crippen molar-refractivity contribution in [1.29, 1.82) is 0 Å². The quantitative estimate of drug-likeness (QED) is 0.265. The van der Waals surface area contributed by atoms with E-state index >= 15 is 0 Å². The first-order valence-corrected chi connectivity index (χ1v) is 10.8. The van der Waals surface area contributed by atoms with E-state index in [1.807, 2.05) is 42.5 Å². The monoisotopic (exact) mass is 438 g/mol. The van der Waals surface area contributed by atoms with Crippen molar-refractivity contribution in [2.45, 2.75) is 0 Å². The van der Waals surface area contributed by atoms with Crippen LogP contribution in [0, 0.1) is 0 Å². The number of halogens is 2. The SMILES string of the molecule is Clc1cccc(Cl)c1-c1c2ccccc2c(-c2ccccc2)c2nc3ccccc3n12. The number of hydrogen-bond donors (Lipinski definition) is 0. The lowest BCUT2D eigenvalue weighted by atomic mass is 9.96.